The Morgan fingerprint density at radius 3 is 2.65 bits per heavy atom. The summed E-state index contributed by atoms with van der Waals surface area (Å²) in [6.45, 7) is 5.17. The predicted molar refractivity (Wildman–Crippen MR) is 88.9 cm³/mol. The van der Waals surface area contributed by atoms with E-state index in [1.165, 1.54) is 17.4 Å². The first-order valence-electron chi connectivity index (χ1n) is 7.01. The summed E-state index contributed by atoms with van der Waals surface area (Å²) >= 11 is 3.56. The Balaban J connectivity index is 2.80. The molecule has 0 saturated heterocycles. The fourth-order valence-corrected chi connectivity index (χ4v) is 3.31. The summed E-state index contributed by atoms with van der Waals surface area (Å²) in [7, 11) is -2.88. The quantitative estimate of drug-likeness (QED) is 0.768. The number of hydrogen-bond donors (Lipinski definition) is 1. The molecular weight excluding hydrogens is 338 g/mol. The minimum absolute atomic E-state index is 0.217. The molecule has 114 valence electrons. The molecule has 0 heterocycles. The van der Waals surface area contributed by atoms with Gasteiger partial charge in [0.2, 0.25) is 0 Å². The van der Waals surface area contributed by atoms with Gasteiger partial charge in [-0.15, -0.1) is 0 Å². The molecule has 20 heavy (non-hydrogen) atoms. The monoisotopic (exact) mass is 361 g/mol. The number of halogens is 1. The molecule has 0 spiro atoms. The third kappa shape index (κ3) is 5.94. The highest BCUT2D eigenvalue weighted by Gasteiger charge is 2.15. The van der Waals surface area contributed by atoms with Crippen LogP contribution in [0, 0.1) is 6.92 Å². The normalized spacial score (nSPS) is 13.4. The molecule has 1 atom stereocenters. The number of sulfone groups is 1. The fraction of sp³-hybridized carbons (Fsp3) is 0.600. The van der Waals surface area contributed by atoms with Gasteiger partial charge in [-0.3, -0.25) is 0 Å². The first-order chi connectivity index (χ1) is 9.35. The van der Waals surface area contributed by atoms with Crippen LogP contribution in [0.5, 0.6) is 0 Å². The summed E-state index contributed by atoms with van der Waals surface area (Å²) in [5, 5.41) is 3.52. The second-order valence-corrected chi connectivity index (χ2v) is 8.35. The van der Waals surface area contributed by atoms with E-state index >= 15 is 0 Å². The molecule has 0 aromatic heterocycles. The largest absolute Gasteiger partial charge is 0.310 e. The first-order valence-corrected chi connectivity index (χ1v) is 9.86. The second kappa shape index (κ2) is 8.15. The van der Waals surface area contributed by atoms with Crippen LogP contribution in [-0.2, 0) is 9.84 Å². The van der Waals surface area contributed by atoms with Crippen molar-refractivity contribution >= 4 is 25.8 Å². The fourth-order valence-electron chi connectivity index (χ4n) is 2.24. The van der Waals surface area contributed by atoms with E-state index in [-0.39, 0.29) is 11.8 Å². The molecule has 0 radical (unpaired) electrons. The molecule has 0 aliphatic heterocycles. The van der Waals surface area contributed by atoms with Crippen molar-refractivity contribution in [1.29, 1.82) is 0 Å². The topological polar surface area (TPSA) is 46.2 Å². The summed E-state index contributed by atoms with van der Waals surface area (Å²) in [5.41, 5.74) is 2.47. The van der Waals surface area contributed by atoms with Gasteiger partial charge >= 0.3 is 0 Å². The Morgan fingerprint density at radius 2 is 2.05 bits per heavy atom. The number of nitrogens with one attached hydrogen (secondary N) is 1. The number of hydrogen-bond acceptors (Lipinski definition) is 3. The number of benzene rings is 1. The van der Waals surface area contributed by atoms with Crippen molar-refractivity contribution in [2.45, 2.75) is 39.2 Å². The van der Waals surface area contributed by atoms with Crippen molar-refractivity contribution < 1.29 is 8.42 Å². The van der Waals surface area contributed by atoms with Gasteiger partial charge in [0.15, 0.2) is 0 Å². The van der Waals surface area contributed by atoms with Gasteiger partial charge in [-0.05, 0) is 49.9 Å². The molecule has 1 unspecified atom stereocenters. The smallest absolute Gasteiger partial charge is 0.147 e. The van der Waals surface area contributed by atoms with Crippen molar-refractivity contribution in [3.05, 3.63) is 33.8 Å². The molecule has 5 heteroatoms. The second-order valence-electron chi connectivity index (χ2n) is 5.23. The lowest BCUT2D eigenvalue weighted by Gasteiger charge is -2.21. The standard InChI is InChI=1S/C15H24BrNO2S/c1-4-10-17-15(9-6-11-20(3,18)19)13-7-5-8-14(16)12(13)2/h5,7-8,15,17H,4,6,9-11H2,1-3H3. The number of rotatable bonds is 8. The van der Waals surface area contributed by atoms with Crippen LogP contribution in [0.3, 0.4) is 0 Å². The van der Waals surface area contributed by atoms with E-state index < -0.39 is 9.84 Å². The Kier molecular flexibility index (Phi) is 7.20. The lowest BCUT2D eigenvalue weighted by atomic mass is 9.97. The summed E-state index contributed by atoms with van der Waals surface area (Å²) in [5.74, 6) is 0.254. The van der Waals surface area contributed by atoms with Crippen LogP contribution in [-0.4, -0.2) is 27.0 Å². The van der Waals surface area contributed by atoms with E-state index in [4.69, 9.17) is 0 Å². The van der Waals surface area contributed by atoms with E-state index in [9.17, 15) is 8.42 Å². The molecule has 1 N–H and O–H groups in total. The SMILES string of the molecule is CCCNC(CCCS(C)(=O)=O)c1cccc(Br)c1C. The molecule has 0 saturated carbocycles. The van der Waals surface area contributed by atoms with Gasteiger partial charge in [0, 0.05) is 22.5 Å². The van der Waals surface area contributed by atoms with Gasteiger partial charge in [0.25, 0.3) is 0 Å². The molecular formula is C15H24BrNO2S. The van der Waals surface area contributed by atoms with E-state index in [1.807, 2.05) is 12.1 Å². The minimum Gasteiger partial charge on any atom is -0.310 e. The minimum atomic E-state index is -2.88. The van der Waals surface area contributed by atoms with E-state index in [1.54, 1.807) is 0 Å². The van der Waals surface area contributed by atoms with E-state index in [0.717, 1.165) is 23.9 Å². The van der Waals surface area contributed by atoms with Crippen molar-refractivity contribution in [1.82, 2.24) is 5.32 Å². The Labute approximate surface area is 131 Å². The van der Waals surface area contributed by atoms with Crippen LogP contribution in [0.4, 0.5) is 0 Å². The average Bonchev–Trinajstić information content (AvgIpc) is 2.36. The average molecular weight is 362 g/mol. The lowest BCUT2D eigenvalue weighted by molar-refractivity contribution is 0.490. The molecule has 1 aromatic rings. The van der Waals surface area contributed by atoms with Gasteiger partial charge in [-0.1, -0.05) is 35.0 Å². The maximum Gasteiger partial charge on any atom is 0.147 e. The Hall–Kier alpha value is -0.390. The molecule has 1 rings (SSSR count). The molecule has 0 amide bonds. The van der Waals surface area contributed by atoms with Crippen LogP contribution in [0.1, 0.15) is 43.4 Å². The maximum absolute atomic E-state index is 11.3. The van der Waals surface area contributed by atoms with Gasteiger partial charge in [-0.25, -0.2) is 8.42 Å². The van der Waals surface area contributed by atoms with Crippen LogP contribution in [0.15, 0.2) is 22.7 Å². The van der Waals surface area contributed by atoms with Gasteiger partial charge in [0.1, 0.15) is 9.84 Å². The molecule has 0 bridgehead atoms. The molecule has 0 aliphatic carbocycles. The first kappa shape index (κ1) is 17.7. The van der Waals surface area contributed by atoms with Crippen molar-refractivity contribution in [2.75, 3.05) is 18.6 Å². The zero-order chi connectivity index (χ0) is 15.2. The summed E-state index contributed by atoms with van der Waals surface area (Å²) < 4.78 is 23.6. The van der Waals surface area contributed by atoms with Crippen LogP contribution in [0.2, 0.25) is 0 Å². The maximum atomic E-state index is 11.3. The van der Waals surface area contributed by atoms with Crippen LogP contribution >= 0.6 is 15.9 Å². The van der Waals surface area contributed by atoms with Gasteiger partial charge < -0.3 is 5.32 Å². The van der Waals surface area contributed by atoms with E-state index in [2.05, 4.69) is 41.2 Å². The highest BCUT2D eigenvalue weighted by atomic mass is 79.9. The van der Waals surface area contributed by atoms with Gasteiger partial charge in [-0.2, -0.15) is 0 Å². The zero-order valence-electron chi connectivity index (χ0n) is 12.4. The highest BCUT2D eigenvalue weighted by molar-refractivity contribution is 9.10. The van der Waals surface area contributed by atoms with Crippen molar-refractivity contribution in [3.63, 3.8) is 0 Å². The zero-order valence-corrected chi connectivity index (χ0v) is 14.9. The summed E-state index contributed by atoms with van der Waals surface area (Å²) in [6.07, 6.45) is 3.89. The van der Waals surface area contributed by atoms with Crippen molar-refractivity contribution in [2.24, 2.45) is 0 Å². The Bertz CT molecular complexity index is 529. The molecule has 1 aromatic carbocycles. The third-order valence-electron chi connectivity index (χ3n) is 3.33. The van der Waals surface area contributed by atoms with Crippen LogP contribution < -0.4 is 5.32 Å². The lowest BCUT2D eigenvalue weighted by Crippen LogP contribution is -2.23. The molecule has 0 aliphatic rings. The van der Waals surface area contributed by atoms with Gasteiger partial charge in [0.05, 0.1) is 0 Å². The van der Waals surface area contributed by atoms with Crippen molar-refractivity contribution in [3.8, 4) is 0 Å². The molecule has 0 fully saturated rings. The summed E-state index contributed by atoms with van der Waals surface area (Å²) in [6, 6.07) is 6.40. The predicted octanol–water partition coefficient (Wildman–Crippen LogP) is 3.62. The Morgan fingerprint density at radius 1 is 1.35 bits per heavy atom. The third-order valence-corrected chi connectivity index (χ3v) is 5.22. The molecule has 3 nitrogen and oxygen atoms in total. The van der Waals surface area contributed by atoms with E-state index in [0.29, 0.717) is 6.42 Å². The summed E-state index contributed by atoms with van der Waals surface area (Å²) in [4.78, 5) is 0. The highest BCUT2D eigenvalue weighted by Crippen LogP contribution is 2.27. The van der Waals surface area contributed by atoms with Crippen LogP contribution in [0.25, 0.3) is 0 Å².